The van der Waals surface area contributed by atoms with E-state index in [-0.39, 0.29) is 6.42 Å². The molecule has 2 rings (SSSR count). The molecular formula is C14H14N2O2. The lowest BCUT2D eigenvalue weighted by Crippen LogP contribution is -2.17. The molecule has 2 unspecified atom stereocenters. The number of benzene rings is 2. The van der Waals surface area contributed by atoms with Crippen molar-refractivity contribution in [1.29, 1.82) is 5.26 Å². The van der Waals surface area contributed by atoms with Crippen LogP contribution >= 0.6 is 0 Å². The van der Waals surface area contributed by atoms with Crippen LogP contribution in [-0.2, 0) is 0 Å². The van der Waals surface area contributed by atoms with Crippen LogP contribution in [0.15, 0.2) is 36.4 Å². The smallest absolute Gasteiger partial charge is 0.106 e. The van der Waals surface area contributed by atoms with Crippen molar-refractivity contribution < 1.29 is 10.2 Å². The van der Waals surface area contributed by atoms with Gasteiger partial charge in [-0.2, -0.15) is 5.26 Å². The highest BCUT2D eigenvalue weighted by atomic mass is 16.3. The number of aliphatic hydroxyl groups is 2. The summed E-state index contributed by atoms with van der Waals surface area (Å²) in [6.45, 7) is 0. The standard InChI is InChI=1S/C14H14N2O2/c15-8-7-13(17)14(18)11-5-6-12(16)10-4-2-1-3-9(10)11/h1-6,13-14,17-18H,7,16H2. The lowest BCUT2D eigenvalue weighted by Gasteiger charge is -2.18. The van der Waals surface area contributed by atoms with E-state index in [9.17, 15) is 10.2 Å². The van der Waals surface area contributed by atoms with Crippen LogP contribution in [0.25, 0.3) is 10.8 Å². The fourth-order valence-electron chi connectivity index (χ4n) is 2.02. The lowest BCUT2D eigenvalue weighted by atomic mass is 9.95. The van der Waals surface area contributed by atoms with Gasteiger partial charge < -0.3 is 15.9 Å². The number of hydrogen-bond donors (Lipinski definition) is 3. The largest absolute Gasteiger partial charge is 0.398 e. The Morgan fingerprint density at radius 3 is 2.44 bits per heavy atom. The molecule has 0 saturated heterocycles. The van der Waals surface area contributed by atoms with E-state index in [1.165, 1.54) is 0 Å². The van der Waals surface area contributed by atoms with Gasteiger partial charge in [0, 0.05) is 11.1 Å². The third-order valence-electron chi connectivity index (χ3n) is 2.98. The summed E-state index contributed by atoms with van der Waals surface area (Å²) in [7, 11) is 0. The van der Waals surface area contributed by atoms with Crippen molar-refractivity contribution in [2.75, 3.05) is 5.73 Å². The van der Waals surface area contributed by atoms with Crippen LogP contribution in [0.4, 0.5) is 5.69 Å². The molecule has 0 heterocycles. The molecule has 4 heteroatoms. The van der Waals surface area contributed by atoms with Crippen LogP contribution in [0.3, 0.4) is 0 Å². The highest BCUT2D eigenvalue weighted by Crippen LogP contribution is 2.30. The zero-order chi connectivity index (χ0) is 13.1. The number of rotatable bonds is 3. The van der Waals surface area contributed by atoms with Crippen LogP contribution < -0.4 is 5.73 Å². The third-order valence-corrected chi connectivity index (χ3v) is 2.98. The molecule has 0 aliphatic carbocycles. The van der Waals surface area contributed by atoms with Crippen LogP contribution in [0.5, 0.6) is 0 Å². The topological polar surface area (TPSA) is 90.3 Å². The van der Waals surface area contributed by atoms with E-state index in [0.29, 0.717) is 11.3 Å². The minimum Gasteiger partial charge on any atom is -0.398 e. The average molecular weight is 242 g/mol. The Bertz CT molecular complexity index is 604. The molecule has 0 fully saturated rings. The number of nitriles is 1. The number of nitrogens with two attached hydrogens (primary N) is 1. The first-order chi connectivity index (χ1) is 8.65. The van der Waals surface area contributed by atoms with E-state index < -0.39 is 12.2 Å². The molecule has 4 N–H and O–H groups in total. The van der Waals surface area contributed by atoms with Gasteiger partial charge >= 0.3 is 0 Å². The SMILES string of the molecule is N#CCC(O)C(O)c1ccc(N)c2ccccc12. The molecule has 0 amide bonds. The monoisotopic (exact) mass is 242 g/mol. The fourth-order valence-corrected chi connectivity index (χ4v) is 2.02. The van der Waals surface area contributed by atoms with Crippen molar-refractivity contribution in [3.05, 3.63) is 42.0 Å². The number of fused-ring (bicyclic) bond motifs is 1. The van der Waals surface area contributed by atoms with Gasteiger partial charge in [-0.15, -0.1) is 0 Å². The number of nitrogen functional groups attached to an aromatic ring is 1. The average Bonchev–Trinajstić information content (AvgIpc) is 2.39. The molecule has 2 atom stereocenters. The summed E-state index contributed by atoms with van der Waals surface area (Å²) in [6.07, 6.45) is -2.29. The highest BCUT2D eigenvalue weighted by molar-refractivity contribution is 5.95. The van der Waals surface area contributed by atoms with Crippen LogP contribution in [0.1, 0.15) is 18.1 Å². The van der Waals surface area contributed by atoms with E-state index in [1.807, 2.05) is 30.3 Å². The van der Waals surface area contributed by atoms with Gasteiger partial charge in [0.15, 0.2) is 0 Å². The van der Waals surface area contributed by atoms with Crippen LogP contribution in [0.2, 0.25) is 0 Å². The first-order valence-electron chi connectivity index (χ1n) is 5.65. The Balaban J connectivity index is 2.52. The van der Waals surface area contributed by atoms with Crippen molar-refractivity contribution in [2.45, 2.75) is 18.6 Å². The summed E-state index contributed by atoms with van der Waals surface area (Å²) >= 11 is 0. The van der Waals surface area contributed by atoms with Gasteiger partial charge in [0.05, 0.1) is 18.6 Å². The molecule has 0 radical (unpaired) electrons. The molecule has 0 bridgehead atoms. The molecule has 2 aromatic carbocycles. The second kappa shape index (κ2) is 5.05. The quantitative estimate of drug-likeness (QED) is 0.715. The zero-order valence-corrected chi connectivity index (χ0v) is 9.74. The third kappa shape index (κ3) is 2.14. The highest BCUT2D eigenvalue weighted by Gasteiger charge is 2.20. The van der Waals surface area contributed by atoms with Gasteiger partial charge in [-0.1, -0.05) is 30.3 Å². The Kier molecular flexibility index (Phi) is 3.47. The van der Waals surface area contributed by atoms with Gasteiger partial charge in [-0.05, 0) is 17.0 Å². The molecule has 0 aliphatic heterocycles. The molecule has 4 nitrogen and oxygen atoms in total. The number of aliphatic hydroxyl groups excluding tert-OH is 2. The molecule has 18 heavy (non-hydrogen) atoms. The number of anilines is 1. The maximum absolute atomic E-state index is 10.1. The van der Waals surface area contributed by atoms with Gasteiger partial charge in [-0.3, -0.25) is 0 Å². The minimum absolute atomic E-state index is 0.111. The lowest BCUT2D eigenvalue weighted by molar-refractivity contribution is 0.0225. The summed E-state index contributed by atoms with van der Waals surface area (Å²) in [5.74, 6) is 0. The number of nitrogens with zero attached hydrogens (tertiary/aromatic N) is 1. The molecule has 92 valence electrons. The zero-order valence-electron chi connectivity index (χ0n) is 9.74. The molecule has 0 aromatic heterocycles. The van der Waals surface area contributed by atoms with Crippen LogP contribution in [-0.4, -0.2) is 16.3 Å². The van der Waals surface area contributed by atoms with Crippen molar-refractivity contribution in [2.24, 2.45) is 0 Å². The molecular weight excluding hydrogens is 228 g/mol. The summed E-state index contributed by atoms with van der Waals surface area (Å²) in [6, 6.07) is 12.6. The Morgan fingerprint density at radius 2 is 1.78 bits per heavy atom. The summed E-state index contributed by atoms with van der Waals surface area (Å²) in [4.78, 5) is 0. The Hall–Kier alpha value is -2.09. The van der Waals surface area contributed by atoms with E-state index in [4.69, 9.17) is 11.0 Å². The molecule has 2 aromatic rings. The first-order valence-corrected chi connectivity index (χ1v) is 5.65. The van der Waals surface area contributed by atoms with E-state index >= 15 is 0 Å². The van der Waals surface area contributed by atoms with Crippen molar-refractivity contribution in [3.8, 4) is 6.07 Å². The number of hydrogen-bond acceptors (Lipinski definition) is 4. The molecule has 0 aliphatic rings. The normalized spacial score (nSPS) is 14.1. The van der Waals surface area contributed by atoms with Gasteiger partial charge in [-0.25, -0.2) is 0 Å². The van der Waals surface area contributed by atoms with Crippen molar-refractivity contribution in [1.82, 2.24) is 0 Å². The van der Waals surface area contributed by atoms with Gasteiger partial charge in [0.25, 0.3) is 0 Å². The Morgan fingerprint density at radius 1 is 1.11 bits per heavy atom. The second-order valence-corrected chi connectivity index (χ2v) is 4.16. The van der Waals surface area contributed by atoms with Crippen molar-refractivity contribution >= 4 is 16.5 Å². The predicted octanol–water partition coefficient (Wildman–Crippen LogP) is 1.73. The maximum atomic E-state index is 10.1. The van der Waals surface area contributed by atoms with Gasteiger partial charge in [0.1, 0.15) is 6.10 Å². The summed E-state index contributed by atoms with van der Waals surface area (Å²) in [5, 5.41) is 29.9. The fraction of sp³-hybridized carbons (Fsp3) is 0.214. The van der Waals surface area contributed by atoms with E-state index in [0.717, 1.165) is 10.8 Å². The molecule has 0 spiro atoms. The second-order valence-electron chi connectivity index (χ2n) is 4.16. The maximum Gasteiger partial charge on any atom is 0.106 e. The van der Waals surface area contributed by atoms with Crippen molar-refractivity contribution in [3.63, 3.8) is 0 Å². The van der Waals surface area contributed by atoms with E-state index in [2.05, 4.69) is 0 Å². The van der Waals surface area contributed by atoms with Gasteiger partial charge in [0.2, 0.25) is 0 Å². The van der Waals surface area contributed by atoms with Crippen LogP contribution in [0, 0.1) is 11.3 Å². The minimum atomic E-state index is -1.10. The molecule has 0 saturated carbocycles. The summed E-state index contributed by atoms with van der Waals surface area (Å²) in [5.41, 5.74) is 7.07. The first kappa shape index (κ1) is 12.4. The predicted molar refractivity (Wildman–Crippen MR) is 69.6 cm³/mol. The van der Waals surface area contributed by atoms with E-state index in [1.54, 1.807) is 12.1 Å². The summed E-state index contributed by atoms with van der Waals surface area (Å²) < 4.78 is 0. The Labute approximate surface area is 105 Å².